The number of benzene rings is 6. The molecule has 1 heteroatoms. The van der Waals surface area contributed by atoms with Gasteiger partial charge in [-0.25, -0.2) is 0 Å². The normalized spacial score (nSPS) is 24.7. The van der Waals surface area contributed by atoms with E-state index in [0.29, 0.717) is 0 Å². The number of hydrogen-bond acceptors (Lipinski definition) is 1. The summed E-state index contributed by atoms with van der Waals surface area (Å²) in [5.74, 6) is 3.37. The zero-order valence-corrected chi connectivity index (χ0v) is 26.0. The summed E-state index contributed by atoms with van der Waals surface area (Å²) in [6, 6.07) is 56.5. The first-order valence-corrected chi connectivity index (χ1v) is 17.1. The van der Waals surface area contributed by atoms with Gasteiger partial charge in [-0.3, -0.25) is 0 Å². The molecule has 222 valence electrons. The number of rotatable bonds is 5. The van der Waals surface area contributed by atoms with Crippen molar-refractivity contribution in [3.05, 3.63) is 163 Å². The van der Waals surface area contributed by atoms with Gasteiger partial charge in [0.2, 0.25) is 0 Å². The summed E-state index contributed by atoms with van der Waals surface area (Å²) in [5, 5.41) is 0. The average molecular weight is 592 g/mol. The molecule has 4 unspecified atom stereocenters. The van der Waals surface area contributed by atoms with Gasteiger partial charge in [0.1, 0.15) is 0 Å². The van der Waals surface area contributed by atoms with Gasteiger partial charge >= 0.3 is 0 Å². The Hall–Kier alpha value is -4.88. The SMILES string of the molecule is c1ccc(-c2ccc(N(c3ccc(-c4ccccc4)cc3)c3cccc4c3-c3ccccc3C43C4CC5CC(C4)[C@@H]3C5)cc2)cc1. The van der Waals surface area contributed by atoms with Crippen molar-refractivity contribution in [2.24, 2.45) is 23.7 Å². The fourth-order valence-electron chi connectivity index (χ4n) is 10.5. The van der Waals surface area contributed by atoms with E-state index in [4.69, 9.17) is 0 Å². The first kappa shape index (κ1) is 26.3. The van der Waals surface area contributed by atoms with Crippen LogP contribution in [0.1, 0.15) is 36.8 Å². The van der Waals surface area contributed by atoms with Gasteiger partial charge in [0.25, 0.3) is 0 Å². The highest BCUT2D eigenvalue weighted by Gasteiger charge is 2.66. The molecule has 6 aromatic rings. The summed E-state index contributed by atoms with van der Waals surface area (Å²) < 4.78 is 0. The van der Waals surface area contributed by atoms with Crippen molar-refractivity contribution in [1.29, 1.82) is 0 Å². The van der Waals surface area contributed by atoms with E-state index in [1.54, 1.807) is 11.1 Å². The largest absolute Gasteiger partial charge is 0.310 e. The van der Waals surface area contributed by atoms with E-state index in [2.05, 4.69) is 157 Å². The minimum absolute atomic E-state index is 0.166. The van der Waals surface area contributed by atoms with Crippen LogP contribution >= 0.6 is 0 Å². The van der Waals surface area contributed by atoms with Crippen LogP contribution in [0.3, 0.4) is 0 Å². The summed E-state index contributed by atoms with van der Waals surface area (Å²) >= 11 is 0. The van der Waals surface area contributed by atoms with Crippen molar-refractivity contribution in [3.8, 4) is 33.4 Å². The zero-order chi connectivity index (χ0) is 30.2. The fraction of sp³-hybridized carbons (Fsp3) is 0.200. The van der Waals surface area contributed by atoms with Crippen molar-refractivity contribution in [2.75, 3.05) is 4.90 Å². The Balaban J connectivity index is 1.17. The van der Waals surface area contributed by atoms with Gasteiger partial charge < -0.3 is 4.90 Å². The zero-order valence-electron chi connectivity index (χ0n) is 26.0. The molecule has 4 saturated carbocycles. The highest BCUT2D eigenvalue weighted by Crippen LogP contribution is 2.73. The van der Waals surface area contributed by atoms with Gasteiger partial charge in [-0.1, -0.05) is 121 Å². The van der Waals surface area contributed by atoms with Crippen molar-refractivity contribution in [2.45, 2.75) is 31.1 Å². The van der Waals surface area contributed by atoms with Crippen LogP contribution in [0.2, 0.25) is 0 Å². The predicted molar refractivity (Wildman–Crippen MR) is 191 cm³/mol. The first-order chi connectivity index (χ1) is 22.8. The highest BCUT2D eigenvalue weighted by atomic mass is 15.1. The quantitative estimate of drug-likeness (QED) is 0.193. The Bertz CT molecular complexity index is 1970. The van der Waals surface area contributed by atoms with Crippen LogP contribution in [0.5, 0.6) is 0 Å². The van der Waals surface area contributed by atoms with E-state index in [-0.39, 0.29) is 5.41 Å². The van der Waals surface area contributed by atoms with Crippen LogP contribution in [0.4, 0.5) is 17.1 Å². The van der Waals surface area contributed by atoms with Gasteiger partial charge in [-0.05, 0) is 119 Å². The van der Waals surface area contributed by atoms with Gasteiger partial charge in [-0.2, -0.15) is 0 Å². The lowest BCUT2D eigenvalue weighted by molar-refractivity contribution is 0.191. The smallest absolute Gasteiger partial charge is 0.0543 e. The van der Waals surface area contributed by atoms with E-state index in [9.17, 15) is 0 Å². The van der Waals surface area contributed by atoms with E-state index in [1.165, 1.54) is 76.1 Å². The van der Waals surface area contributed by atoms with Crippen LogP contribution in [0.15, 0.2) is 152 Å². The lowest BCUT2D eigenvalue weighted by Gasteiger charge is -2.44. The maximum atomic E-state index is 2.52. The van der Waals surface area contributed by atoms with E-state index >= 15 is 0 Å². The minimum atomic E-state index is 0.166. The van der Waals surface area contributed by atoms with Crippen LogP contribution in [0, 0.1) is 23.7 Å². The molecule has 0 aliphatic heterocycles. The molecule has 0 saturated heterocycles. The number of hydrogen-bond donors (Lipinski definition) is 0. The monoisotopic (exact) mass is 591 g/mol. The molecule has 5 aliphatic rings. The van der Waals surface area contributed by atoms with Gasteiger partial charge in [-0.15, -0.1) is 0 Å². The molecular weight excluding hydrogens is 555 g/mol. The maximum Gasteiger partial charge on any atom is 0.0543 e. The molecule has 4 bridgehead atoms. The standard InChI is InChI=1S/C45H37N/c1-3-10-31(11-4-1)33-18-22-37(23-19-33)46(38-24-20-34(21-25-38)32-12-5-2-6-13-32)43-17-9-16-41-44(43)39-14-7-8-15-40(39)45(41)36-27-30-26-35(29-36)42(45)28-30/h1-25,30,35-36,42H,26-29H2/t30?,35?,36?,42-,45?/m0/s1. The van der Waals surface area contributed by atoms with Crippen molar-refractivity contribution in [1.82, 2.24) is 0 Å². The van der Waals surface area contributed by atoms with Gasteiger partial charge in [0, 0.05) is 22.4 Å². The van der Waals surface area contributed by atoms with Gasteiger partial charge in [0.15, 0.2) is 0 Å². The Morgan fingerprint density at radius 2 is 1.02 bits per heavy atom. The van der Waals surface area contributed by atoms with Crippen molar-refractivity contribution >= 4 is 17.1 Å². The molecule has 4 fully saturated rings. The fourth-order valence-corrected chi connectivity index (χ4v) is 10.5. The summed E-state index contributed by atoms with van der Waals surface area (Å²) in [5.41, 5.74) is 14.9. The van der Waals surface area contributed by atoms with E-state index in [0.717, 1.165) is 23.7 Å². The topological polar surface area (TPSA) is 3.24 Å². The van der Waals surface area contributed by atoms with Crippen LogP contribution in [-0.4, -0.2) is 0 Å². The second-order valence-electron chi connectivity index (χ2n) is 14.1. The summed E-state index contributed by atoms with van der Waals surface area (Å²) in [6.07, 6.45) is 5.67. The van der Waals surface area contributed by atoms with E-state index < -0.39 is 0 Å². The summed E-state index contributed by atoms with van der Waals surface area (Å²) in [7, 11) is 0. The Morgan fingerprint density at radius 1 is 0.457 bits per heavy atom. The molecule has 0 radical (unpaired) electrons. The highest BCUT2D eigenvalue weighted by molar-refractivity contribution is 5.96. The van der Waals surface area contributed by atoms with Crippen LogP contribution in [0.25, 0.3) is 33.4 Å². The molecule has 0 aromatic heterocycles. The predicted octanol–water partition coefficient (Wildman–Crippen LogP) is 11.8. The van der Waals surface area contributed by atoms with E-state index in [1.807, 2.05) is 0 Å². The first-order valence-electron chi connectivity index (χ1n) is 17.1. The second-order valence-corrected chi connectivity index (χ2v) is 14.1. The molecule has 0 heterocycles. The van der Waals surface area contributed by atoms with Gasteiger partial charge in [0.05, 0.1) is 5.69 Å². The lowest BCUT2D eigenvalue weighted by atomic mass is 9.59. The Morgan fingerprint density at radius 3 is 1.65 bits per heavy atom. The molecule has 5 atom stereocenters. The average Bonchev–Trinajstić information content (AvgIpc) is 3.67. The lowest BCUT2D eigenvalue weighted by Crippen LogP contribution is -2.40. The molecule has 1 spiro atoms. The molecule has 1 nitrogen and oxygen atoms in total. The molecule has 11 rings (SSSR count). The number of anilines is 3. The minimum Gasteiger partial charge on any atom is -0.310 e. The third-order valence-electron chi connectivity index (χ3n) is 12.1. The summed E-state index contributed by atoms with van der Waals surface area (Å²) in [6.45, 7) is 0. The third kappa shape index (κ3) is 3.69. The van der Waals surface area contributed by atoms with Crippen molar-refractivity contribution < 1.29 is 0 Å². The molecule has 5 aliphatic carbocycles. The molecule has 6 aromatic carbocycles. The molecule has 46 heavy (non-hydrogen) atoms. The third-order valence-corrected chi connectivity index (χ3v) is 12.1. The van der Waals surface area contributed by atoms with Crippen molar-refractivity contribution in [3.63, 3.8) is 0 Å². The second kappa shape index (κ2) is 10.1. The van der Waals surface area contributed by atoms with Crippen LogP contribution < -0.4 is 4.90 Å². The molecular formula is C45H37N. The number of fused-ring (bicyclic) bond motifs is 3. The summed E-state index contributed by atoms with van der Waals surface area (Å²) in [4.78, 5) is 2.52. The maximum absolute atomic E-state index is 2.52. The Labute approximate surface area is 272 Å². The Kier molecular flexibility index (Phi) is 5.76. The number of nitrogens with zero attached hydrogens (tertiary/aromatic N) is 1. The van der Waals surface area contributed by atoms with Crippen LogP contribution in [-0.2, 0) is 5.41 Å². The molecule has 0 N–H and O–H groups in total. The molecule has 0 amide bonds.